The van der Waals surface area contributed by atoms with Gasteiger partial charge in [0, 0.05) is 0 Å². The molecule has 0 fully saturated rings. The molecule has 3 aromatic rings. The fourth-order valence-corrected chi connectivity index (χ4v) is 3.16. The summed E-state index contributed by atoms with van der Waals surface area (Å²) in [6.45, 7) is 1.92. The van der Waals surface area contributed by atoms with Crippen LogP contribution >= 0.6 is 34.5 Å². The Hall–Kier alpha value is -2.49. The summed E-state index contributed by atoms with van der Waals surface area (Å²) in [5, 5.41) is 14.5. The number of halogens is 2. The van der Waals surface area contributed by atoms with Crippen LogP contribution in [0.15, 0.2) is 39.1 Å². The summed E-state index contributed by atoms with van der Waals surface area (Å²) in [5.41, 5.74) is 0.254. The Morgan fingerprint density at radius 3 is 2.81 bits per heavy atom. The van der Waals surface area contributed by atoms with E-state index in [0.717, 1.165) is 5.56 Å². The normalized spacial score (nSPS) is 11.7. The van der Waals surface area contributed by atoms with Gasteiger partial charge in [0.15, 0.2) is 5.06 Å². The summed E-state index contributed by atoms with van der Waals surface area (Å²) >= 11 is 12.4. The monoisotopic (exact) mass is 411 g/mol. The van der Waals surface area contributed by atoms with Crippen molar-refractivity contribution in [2.75, 3.05) is 0 Å². The zero-order chi connectivity index (χ0) is 18.8. The van der Waals surface area contributed by atoms with Crippen molar-refractivity contribution >= 4 is 46.2 Å². The third-order valence-electron chi connectivity index (χ3n) is 3.33. The van der Waals surface area contributed by atoms with E-state index in [-0.39, 0.29) is 17.2 Å². The highest BCUT2D eigenvalue weighted by Crippen LogP contribution is 2.23. The number of hydrogen-bond acceptors (Lipinski definition) is 7. The molecule has 0 saturated heterocycles. The second kappa shape index (κ2) is 7.40. The molecule has 0 amide bonds. The lowest BCUT2D eigenvalue weighted by molar-refractivity contribution is 0.487. The third kappa shape index (κ3) is 4.01. The first-order valence-corrected chi connectivity index (χ1v) is 8.76. The van der Waals surface area contributed by atoms with Crippen molar-refractivity contribution < 1.29 is 5.11 Å². The number of benzene rings is 1. The van der Waals surface area contributed by atoms with E-state index in [1.54, 1.807) is 16.8 Å². The molecule has 2 heterocycles. The quantitative estimate of drug-likeness (QED) is 0.640. The molecule has 2 aromatic heterocycles. The molecule has 26 heavy (non-hydrogen) atoms. The van der Waals surface area contributed by atoms with Crippen molar-refractivity contribution in [3.63, 3.8) is 0 Å². The lowest BCUT2D eigenvalue weighted by Gasteiger charge is -2.02. The van der Waals surface area contributed by atoms with E-state index >= 15 is 0 Å². The Balaban J connectivity index is 1.86. The van der Waals surface area contributed by atoms with Gasteiger partial charge in [-0.15, -0.1) is 5.10 Å². The van der Waals surface area contributed by atoms with Crippen LogP contribution in [-0.4, -0.2) is 30.6 Å². The van der Waals surface area contributed by atoms with Gasteiger partial charge < -0.3 is 5.11 Å². The number of aromatic amines is 1. The van der Waals surface area contributed by atoms with Crippen LogP contribution in [0.1, 0.15) is 18.1 Å². The maximum absolute atomic E-state index is 11.8. The van der Waals surface area contributed by atoms with Gasteiger partial charge >= 0.3 is 4.87 Å². The van der Waals surface area contributed by atoms with E-state index in [2.05, 4.69) is 20.1 Å². The van der Waals surface area contributed by atoms with Crippen LogP contribution in [0.4, 0.5) is 5.95 Å². The number of aromatic nitrogens is 4. The third-order valence-corrected chi connectivity index (χ3v) is 4.75. The van der Waals surface area contributed by atoms with E-state index in [9.17, 15) is 14.7 Å². The Bertz CT molecular complexity index is 1120. The molecule has 0 unspecified atom stereocenters. The van der Waals surface area contributed by atoms with Crippen molar-refractivity contribution in [3.8, 4) is 5.06 Å². The molecule has 0 aliphatic carbocycles. The van der Waals surface area contributed by atoms with Gasteiger partial charge in [0.25, 0.3) is 11.5 Å². The molecular formula is C15H11Cl2N5O3S. The van der Waals surface area contributed by atoms with Gasteiger partial charge in [-0.3, -0.25) is 14.6 Å². The van der Waals surface area contributed by atoms with E-state index in [0.29, 0.717) is 27.9 Å². The Labute approximate surface area is 160 Å². The minimum Gasteiger partial charge on any atom is -0.499 e. The van der Waals surface area contributed by atoms with E-state index in [1.165, 1.54) is 13.3 Å². The number of nitrogens with one attached hydrogen (secondary N) is 1. The molecule has 134 valence electrons. The van der Waals surface area contributed by atoms with Gasteiger partial charge in [0.1, 0.15) is 11.9 Å². The first kappa shape index (κ1) is 18.3. The van der Waals surface area contributed by atoms with Gasteiger partial charge in [-0.25, -0.2) is 9.67 Å². The number of nitrogens with zero attached hydrogens (tertiary/aromatic N) is 4. The molecule has 0 saturated carbocycles. The van der Waals surface area contributed by atoms with Crippen molar-refractivity contribution in [1.82, 2.24) is 19.7 Å². The lowest BCUT2D eigenvalue weighted by atomic mass is 10.2. The first-order chi connectivity index (χ1) is 12.3. The minimum atomic E-state index is -0.720. The summed E-state index contributed by atoms with van der Waals surface area (Å²) in [7, 11) is 0. The summed E-state index contributed by atoms with van der Waals surface area (Å²) in [4.78, 5) is 32.6. The Morgan fingerprint density at radius 2 is 2.12 bits per heavy atom. The van der Waals surface area contributed by atoms with Gasteiger partial charge in [-0.1, -0.05) is 29.3 Å². The molecule has 3 rings (SSSR count). The first-order valence-electron chi connectivity index (χ1n) is 7.19. The van der Waals surface area contributed by atoms with Crippen molar-refractivity contribution in [2.45, 2.75) is 13.5 Å². The number of hydrogen-bond donors (Lipinski definition) is 2. The average molecular weight is 412 g/mol. The van der Waals surface area contributed by atoms with E-state index in [4.69, 9.17) is 23.2 Å². The number of rotatable bonds is 4. The number of H-pyrrole nitrogens is 1. The van der Waals surface area contributed by atoms with E-state index < -0.39 is 15.5 Å². The molecule has 0 atom stereocenters. The summed E-state index contributed by atoms with van der Waals surface area (Å²) < 4.78 is 1.54. The maximum Gasteiger partial charge on any atom is 0.310 e. The molecule has 0 aliphatic heterocycles. The smallest absolute Gasteiger partial charge is 0.310 e. The SMILES string of the molecule is C/C(=N\c1ncn(Cc2ccc(Cl)c(Cl)c2)n1)c1c(O)sc(=O)[nH]c1=O. The van der Waals surface area contributed by atoms with Crippen LogP contribution in [0.3, 0.4) is 0 Å². The molecule has 0 spiro atoms. The average Bonchev–Trinajstić information content (AvgIpc) is 2.97. The summed E-state index contributed by atoms with van der Waals surface area (Å²) in [6, 6.07) is 5.23. The van der Waals surface area contributed by atoms with Crippen molar-refractivity contribution in [3.05, 3.63) is 65.7 Å². The predicted molar refractivity (Wildman–Crippen MR) is 100 cm³/mol. The van der Waals surface area contributed by atoms with E-state index in [1.807, 2.05) is 6.07 Å². The Kier molecular flexibility index (Phi) is 5.21. The standard InChI is InChI=1S/C15H11Cl2N5O3S/c1-7(11-12(23)20-15(25)26-13(11)24)19-14-18-6-22(21-14)5-8-2-3-9(16)10(17)4-8/h2-4,6,24H,5H2,1H3,(H,20,23,25)/b19-7+. The van der Waals surface area contributed by atoms with Crippen molar-refractivity contribution in [1.29, 1.82) is 0 Å². The molecular weight excluding hydrogens is 401 g/mol. The molecule has 0 radical (unpaired) electrons. The molecule has 0 aliphatic rings. The second-order valence-corrected chi connectivity index (χ2v) is 6.99. The summed E-state index contributed by atoms with van der Waals surface area (Å²) in [5.74, 6) is 0.109. The largest absolute Gasteiger partial charge is 0.499 e. The highest BCUT2D eigenvalue weighted by Gasteiger charge is 2.13. The molecule has 2 N–H and O–H groups in total. The number of aromatic hydroxyl groups is 1. The van der Waals surface area contributed by atoms with Crippen LogP contribution in [0, 0.1) is 0 Å². The van der Waals surface area contributed by atoms with Gasteiger partial charge in [0.05, 0.1) is 22.3 Å². The zero-order valence-corrected chi connectivity index (χ0v) is 15.6. The van der Waals surface area contributed by atoms with Crippen LogP contribution < -0.4 is 10.4 Å². The van der Waals surface area contributed by atoms with Crippen LogP contribution in [0.25, 0.3) is 0 Å². The van der Waals surface area contributed by atoms with Crippen LogP contribution in [-0.2, 0) is 6.54 Å². The topological polar surface area (TPSA) is 113 Å². The summed E-state index contributed by atoms with van der Waals surface area (Å²) in [6.07, 6.45) is 1.47. The molecule has 1 aromatic carbocycles. The van der Waals surface area contributed by atoms with Gasteiger partial charge in [-0.05, 0) is 36.0 Å². The van der Waals surface area contributed by atoms with Gasteiger partial charge in [-0.2, -0.15) is 4.98 Å². The highest BCUT2D eigenvalue weighted by molar-refractivity contribution is 7.11. The van der Waals surface area contributed by atoms with Crippen molar-refractivity contribution in [2.24, 2.45) is 4.99 Å². The second-order valence-electron chi connectivity index (χ2n) is 5.21. The molecule has 8 nitrogen and oxygen atoms in total. The molecule has 0 bridgehead atoms. The maximum atomic E-state index is 11.8. The number of aliphatic imine (C=N–C) groups is 1. The Morgan fingerprint density at radius 1 is 1.35 bits per heavy atom. The highest BCUT2D eigenvalue weighted by atomic mass is 35.5. The fraction of sp³-hybridized carbons (Fsp3) is 0.133. The minimum absolute atomic E-state index is 0.0876. The fourth-order valence-electron chi connectivity index (χ4n) is 2.18. The predicted octanol–water partition coefficient (Wildman–Crippen LogP) is 2.59. The van der Waals surface area contributed by atoms with Gasteiger partial charge in [0.2, 0.25) is 0 Å². The lowest BCUT2D eigenvalue weighted by Crippen LogP contribution is -2.22. The zero-order valence-electron chi connectivity index (χ0n) is 13.2. The van der Waals surface area contributed by atoms with Crippen LogP contribution in [0.5, 0.6) is 5.06 Å². The van der Waals surface area contributed by atoms with Crippen LogP contribution in [0.2, 0.25) is 10.0 Å². The molecule has 11 heteroatoms.